The van der Waals surface area contributed by atoms with Crippen LogP contribution in [0.1, 0.15) is 12.0 Å². The molecule has 1 atom stereocenters. The molecule has 2 heterocycles. The van der Waals surface area contributed by atoms with Gasteiger partial charge in [0.05, 0.1) is 17.8 Å². The number of aromatic nitrogens is 2. The minimum Gasteiger partial charge on any atom is -0.483 e. The number of nitrogens with zero attached hydrogens (tertiary/aromatic N) is 3. The molecule has 2 aromatic carbocycles. The first-order valence-corrected chi connectivity index (χ1v) is 9.50. The topological polar surface area (TPSA) is 82.9 Å². The molecule has 4 rings (SSSR count). The summed E-state index contributed by atoms with van der Waals surface area (Å²) in [5, 5.41) is 15.3. The summed E-state index contributed by atoms with van der Waals surface area (Å²) in [5.74, 6) is -2.44. The number of alkyl halides is 2. The summed E-state index contributed by atoms with van der Waals surface area (Å²) >= 11 is 0. The molecule has 1 saturated heterocycles. The largest absolute Gasteiger partial charge is 0.483 e. The van der Waals surface area contributed by atoms with Crippen molar-refractivity contribution in [1.29, 1.82) is 5.26 Å². The zero-order valence-electron chi connectivity index (χ0n) is 16.4. The minimum absolute atomic E-state index is 0. The highest BCUT2D eigenvalue weighted by atomic mass is 35.5. The number of para-hydroxylation sites is 1. The molecule has 31 heavy (non-hydrogen) atoms. The molecule has 1 aliphatic rings. The first-order chi connectivity index (χ1) is 14.5. The highest BCUT2D eigenvalue weighted by Gasteiger charge is 2.43. The number of ether oxygens (including phenoxy) is 1. The van der Waals surface area contributed by atoms with Crippen LogP contribution in [0.3, 0.4) is 0 Å². The Morgan fingerprint density at radius 3 is 2.71 bits per heavy atom. The first kappa shape index (κ1) is 22.4. The minimum atomic E-state index is -2.99. The number of nitriles is 1. The summed E-state index contributed by atoms with van der Waals surface area (Å²) in [6.45, 7) is 0.00805. The lowest BCUT2D eigenvalue weighted by molar-refractivity contribution is -0.109. The van der Waals surface area contributed by atoms with Crippen molar-refractivity contribution in [3.05, 3.63) is 66.4 Å². The van der Waals surface area contributed by atoms with Crippen molar-refractivity contribution in [1.82, 2.24) is 15.3 Å². The van der Waals surface area contributed by atoms with E-state index in [0.29, 0.717) is 23.8 Å². The summed E-state index contributed by atoms with van der Waals surface area (Å²) in [5.41, 5.74) is 2.28. The van der Waals surface area contributed by atoms with Gasteiger partial charge in [0, 0.05) is 23.9 Å². The summed E-state index contributed by atoms with van der Waals surface area (Å²) < 4.78 is 33.7. The molecule has 0 amide bonds. The van der Waals surface area contributed by atoms with Gasteiger partial charge in [0.2, 0.25) is 5.95 Å². The Kier molecular flexibility index (Phi) is 7.00. The molecule has 9 heteroatoms. The third-order valence-corrected chi connectivity index (χ3v) is 4.77. The van der Waals surface area contributed by atoms with Gasteiger partial charge in [-0.3, -0.25) is 0 Å². The van der Waals surface area contributed by atoms with Crippen molar-refractivity contribution in [2.24, 2.45) is 0 Å². The lowest BCUT2D eigenvalue weighted by atomic mass is 10.0. The van der Waals surface area contributed by atoms with Crippen molar-refractivity contribution < 1.29 is 13.5 Å². The summed E-state index contributed by atoms with van der Waals surface area (Å²) in [4.78, 5) is 8.69. The predicted molar refractivity (Wildman–Crippen MR) is 116 cm³/mol. The lowest BCUT2D eigenvalue weighted by Gasteiger charge is -2.32. The van der Waals surface area contributed by atoms with E-state index in [-0.39, 0.29) is 30.1 Å². The molecule has 1 fully saturated rings. The van der Waals surface area contributed by atoms with E-state index < -0.39 is 18.6 Å². The predicted octanol–water partition coefficient (Wildman–Crippen LogP) is 4.56. The number of benzene rings is 2. The first-order valence-electron chi connectivity index (χ1n) is 9.50. The van der Waals surface area contributed by atoms with Crippen LogP contribution in [0.4, 0.5) is 20.4 Å². The second kappa shape index (κ2) is 9.69. The maximum absolute atomic E-state index is 14.1. The third-order valence-electron chi connectivity index (χ3n) is 4.77. The zero-order chi connectivity index (χ0) is 21.0. The number of hydrogen-bond acceptors (Lipinski definition) is 6. The highest BCUT2D eigenvalue weighted by Crippen LogP contribution is 2.31. The number of nitrogens with one attached hydrogen (secondary N) is 2. The Morgan fingerprint density at radius 1 is 1.16 bits per heavy atom. The normalized spacial score (nSPS) is 17.1. The summed E-state index contributed by atoms with van der Waals surface area (Å²) in [6, 6.07) is 18.1. The summed E-state index contributed by atoms with van der Waals surface area (Å²) in [6.07, 6.45) is 0.511. The number of anilines is 2. The van der Waals surface area contributed by atoms with Gasteiger partial charge in [-0.25, -0.2) is 18.7 Å². The maximum atomic E-state index is 14.1. The van der Waals surface area contributed by atoms with Gasteiger partial charge in [-0.1, -0.05) is 18.2 Å². The van der Waals surface area contributed by atoms with Gasteiger partial charge in [0.1, 0.15) is 11.8 Å². The number of hydrogen-bond donors (Lipinski definition) is 2. The Morgan fingerprint density at radius 2 is 1.97 bits per heavy atom. The van der Waals surface area contributed by atoms with Crippen LogP contribution in [0, 0.1) is 11.3 Å². The van der Waals surface area contributed by atoms with Gasteiger partial charge in [0.15, 0.2) is 6.10 Å². The number of rotatable bonds is 5. The van der Waals surface area contributed by atoms with Gasteiger partial charge in [-0.15, -0.1) is 12.4 Å². The number of piperidine rings is 1. The molecule has 3 aromatic rings. The monoisotopic (exact) mass is 443 g/mol. The van der Waals surface area contributed by atoms with Gasteiger partial charge < -0.3 is 15.4 Å². The van der Waals surface area contributed by atoms with E-state index in [1.54, 1.807) is 30.5 Å². The molecule has 1 aromatic heterocycles. The quantitative estimate of drug-likeness (QED) is 0.601. The zero-order valence-corrected chi connectivity index (χ0v) is 17.2. The second-order valence-corrected chi connectivity index (χ2v) is 6.91. The molecule has 0 saturated carbocycles. The molecule has 1 unspecified atom stereocenters. The second-order valence-electron chi connectivity index (χ2n) is 6.91. The van der Waals surface area contributed by atoms with Crippen LogP contribution in [0.5, 0.6) is 5.75 Å². The standard InChI is InChI=1S/C22H19F2N5O.ClH/c23-22(24)14-26-10-9-20(22)30-19-7-6-15(12-16(19)13-25)18-8-11-27-21(29-18)28-17-4-2-1-3-5-17;/h1-8,11-12,20,26H,9-10,14H2,(H,27,28,29);1H. The van der Waals surface area contributed by atoms with Crippen molar-refractivity contribution in [3.8, 4) is 23.1 Å². The van der Waals surface area contributed by atoms with Crippen LogP contribution in [-0.2, 0) is 0 Å². The molecule has 6 nitrogen and oxygen atoms in total. The average molecular weight is 444 g/mol. The third kappa shape index (κ3) is 5.26. The number of halogens is 3. The fraction of sp³-hybridized carbons (Fsp3) is 0.227. The van der Waals surface area contributed by atoms with Crippen molar-refractivity contribution in [2.45, 2.75) is 18.4 Å². The van der Waals surface area contributed by atoms with E-state index in [2.05, 4.69) is 20.6 Å². The Labute approximate surface area is 184 Å². The highest BCUT2D eigenvalue weighted by molar-refractivity contribution is 5.85. The van der Waals surface area contributed by atoms with E-state index in [1.165, 1.54) is 0 Å². The van der Waals surface area contributed by atoms with Gasteiger partial charge in [-0.05, 0) is 42.9 Å². The molecular formula is C22H20ClF2N5O. The summed E-state index contributed by atoms with van der Waals surface area (Å²) in [7, 11) is 0. The van der Waals surface area contributed by atoms with Crippen LogP contribution >= 0.6 is 12.4 Å². The van der Waals surface area contributed by atoms with Crippen LogP contribution in [0.25, 0.3) is 11.3 Å². The van der Waals surface area contributed by atoms with E-state index in [9.17, 15) is 14.0 Å². The van der Waals surface area contributed by atoms with E-state index in [4.69, 9.17) is 4.74 Å². The van der Waals surface area contributed by atoms with Crippen LogP contribution in [-0.4, -0.2) is 35.1 Å². The van der Waals surface area contributed by atoms with Crippen LogP contribution < -0.4 is 15.4 Å². The van der Waals surface area contributed by atoms with Crippen molar-refractivity contribution in [3.63, 3.8) is 0 Å². The molecule has 0 spiro atoms. The molecule has 2 N–H and O–H groups in total. The van der Waals surface area contributed by atoms with Crippen molar-refractivity contribution >= 4 is 24.0 Å². The smallest absolute Gasteiger partial charge is 0.296 e. The Balaban J connectivity index is 0.00000272. The molecule has 0 radical (unpaired) electrons. The molecule has 1 aliphatic heterocycles. The molecule has 0 aliphatic carbocycles. The fourth-order valence-electron chi connectivity index (χ4n) is 3.22. The van der Waals surface area contributed by atoms with E-state index >= 15 is 0 Å². The van der Waals surface area contributed by atoms with Crippen LogP contribution in [0.2, 0.25) is 0 Å². The molecule has 160 valence electrons. The average Bonchev–Trinajstić information content (AvgIpc) is 2.76. The van der Waals surface area contributed by atoms with E-state index in [1.807, 2.05) is 36.4 Å². The maximum Gasteiger partial charge on any atom is 0.296 e. The van der Waals surface area contributed by atoms with Gasteiger partial charge in [0.25, 0.3) is 5.92 Å². The molecular weight excluding hydrogens is 424 g/mol. The SMILES string of the molecule is Cl.N#Cc1cc(-c2ccnc(Nc3ccccc3)n2)ccc1OC1CCNCC1(F)F. The Hall–Kier alpha value is -3.28. The Bertz CT molecular complexity index is 1070. The lowest BCUT2D eigenvalue weighted by Crippen LogP contribution is -2.52. The molecule has 0 bridgehead atoms. The van der Waals surface area contributed by atoms with Crippen molar-refractivity contribution in [2.75, 3.05) is 18.4 Å². The van der Waals surface area contributed by atoms with E-state index in [0.717, 1.165) is 5.69 Å². The van der Waals surface area contributed by atoms with Gasteiger partial charge >= 0.3 is 0 Å². The fourth-order valence-corrected chi connectivity index (χ4v) is 3.22. The van der Waals surface area contributed by atoms with Crippen LogP contribution in [0.15, 0.2) is 60.8 Å². The van der Waals surface area contributed by atoms with Gasteiger partial charge in [-0.2, -0.15) is 5.26 Å².